The van der Waals surface area contributed by atoms with Gasteiger partial charge < -0.3 is 4.74 Å². The van der Waals surface area contributed by atoms with Crippen molar-refractivity contribution in [1.29, 1.82) is 0 Å². The van der Waals surface area contributed by atoms with Gasteiger partial charge in [-0.3, -0.25) is 4.89 Å². The van der Waals surface area contributed by atoms with E-state index in [2.05, 4.69) is 13.8 Å². The Morgan fingerprint density at radius 3 is 2.15 bits per heavy atom. The van der Waals surface area contributed by atoms with E-state index in [1.807, 2.05) is 41.5 Å². The van der Waals surface area contributed by atoms with Gasteiger partial charge in [-0.05, 0) is 58.8 Å². The smallest absolute Gasteiger partial charge is 0.432 e. The van der Waals surface area contributed by atoms with Crippen molar-refractivity contribution in [3.05, 3.63) is 0 Å². The van der Waals surface area contributed by atoms with E-state index in [9.17, 15) is 4.79 Å². The molecule has 0 aromatic heterocycles. The molecule has 0 aliphatic heterocycles. The largest absolute Gasteiger partial charge is 0.540 e. The Morgan fingerprint density at radius 1 is 0.963 bits per heavy atom. The topological polar surface area (TPSA) is 63.2 Å². The maximum atomic E-state index is 11.8. The van der Waals surface area contributed by atoms with E-state index in [0.717, 1.165) is 32.1 Å². The van der Waals surface area contributed by atoms with Gasteiger partial charge in [-0.25, -0.2) is 14.6 Å². The molecule has 0 rings (SSSR count). The highest BCUT2D eigenvalue weighted by atomic mass is 17.2. The molecule has 0 radical (unpaired) electrons. The van der Waals surface area contributed by atoms with Gasteiger partial charge in [0.25, 0.3) is 0 Å². The Hall–Kier alpha value is -0.850. The van der Waals surface area contributed by atoms with Crippen LogP contribution in [0.3, 0.4) is 0 Å². The number of hydrogen-bond donors (Lipinski definition) is 0. The molecule has 0 amide bonds. The van der Waals surface area contributed by atoms with E-state index in [4.69, 9.17) is 24.3 Å². The van der Waals surface area contributed by atoms with Crippen LogP contribution in [0.4, 0.5) is 4.79 Å². The minimum Gasteiger partial charge on any atom is -0.432 e. The quantitative estimate of drug-likeness (QED) is 0.199. The van der Waals surface area contributed by atoms with Gasteiger partial charge in [0, 0.05) is 0 Å². The summed E-state index contributed by atoms with van der Waals surface area (Å²) in [6.07, 6.45) is 4.67. The summed E-state index contributed by atoms with van der Waals surface area (Å²) in [6.45, 7) is 16.4. The number of carbonyl (C=O) groups is 1. The zero-order chi connectivity index (χ0) is 20.9. The Balaban J connectivity index is 4.17. The molecule has 0 aromatic rings. The average molecular weight is 391 g/mol. The second-order valence-electron chi connectivity index (χ2n) is 8.62. The predicted molar refractivity (Wildman–Crippen MR) is 106 cm³/mol. The Kier molecular flexibility index (Phi) is 13.7. The first-order valence-corrected chi connectivity index (χ1v) is 10.4. The van der Waals surface area contributed by atoms with E-state index in [1.54, 1.807) is 0 Å². The van der Waals surface area contributed by atoms with Crippen molar-refractivity contribution in [2.75, 3.05) is 6.61 Å². The predicted octanol–water partition coefficient (Wildman–Crippen LogP) is 6.23. The summed E-state index contributed by atoms with van der Waals surface area (Å²) in [5.41, 5.74) is -0.345. The molecular weight excluding hydrogens is 348 g/mol. The minimum atomic E-state index is -0.768. The molecule has 6 nitrogen and oxygen atoms in total. The normalized spacial score (nSPS) is 15.4. The van der Waals surface area contributed by atoms with Crippen LogP contribution in [0.25, 0.3) is 0 Å². The van der Waals surface area contributed by atoms with E-state index in [1.165, 1.54) is 0 Å². The maximum absolute atomic E-state index is 11.8. The van der Waals surface area contributed by atoms with Crippen LogP contribution in [0.5, 0.6) is 0 Å². The highest BCUT2D eigenvalue weighted by Crippen LogP contribution is 2.18. The van der Waals surface area contributed by atoms with Crippen LogP contribution < -0.4 is 0 Å². The van der Waals surface area contributed by atoms with Crippen LogP contribution in [0, 0.1) is 11.8 Å². The lowest BCUT2D eigenvalue weighted by Crippen LogP contribution is -2.26. The van der Waals surface area contributed by atoms with Crippen molar-refractivity contribution >= 4 is 6.16 Å². The van der Waals surface area contributed by atoms with Crippen LogP contribution >= 0.6 is 0 Å². The fraction of sp³-hybridized carbons (Fsp3) is 0.952. The van der Waals surface area contributed by atoms with Gasteiger partial charge in [-0.2, -0.15) is 4.89 Å². The third-order valence-corrected chi connectivity index (χ3v) is 4.28. The zero-order valence-corrected chi connectivity index (χ0v) is 18.7. The summed E-state index contributed by atoms with van der Waals surface area (Å²) < 4.78 is 5.19. The van der Waals surface area contributed by atoms with Gasteiger partial charge in [0.1, 0.15) is 6.10 Å². The molecule has 3 atom stereocenters. The van der Waals surface area contributed by atoms with E-state index < -0.39 is 6.16 Å². The Morgan fingerprint density at radius 2 is 1.63 bits per heavy atom. The molecule has 27 heavy (non-hydrogen) atoms. The van der Waals surface area contributed by atoms with E-state index in [0.29, 0.717) is 18.9 Å². The highest BCUT2D eigenvalue weighted by Gasteiger charge is 2.21. The molecule has 162 valence electrons. The molecule has 6 heteroatoms. The number of hydrogen-bond acceptors (Lipinski definition) is 6. The number of ether oxygens (including phenoxy) is 1. The molecule has 0 bridgehead atoms. The lowest BCUT2D eigenvalue weighted by atomic mass is 10.0. The summed E-state index contributed by atoms with van der Waals surface area (Å²) in [5, 5.41) is 0. The molecule has 0 heterocycles. The number of carbonyl (C=O) groups excluding carboxylic acids is 1. The van der Waals surface area contributed by atoms with Crippen LogP contribution in [-0.4, -0.2) is 30.6 Å². The summed E-state index contributed by atoms with van der Waals surface area (Å²) in [5.74, 6) is 0.570. The SMILES string of the molecule is CCCCC(CC)COC(=O)OOC(CCC(C)OOC(C)(C)C)C(C)C. The molecular formula is C21H42O6. The third-order valence-electron chi connectivity index (χ3n) is 4.28. The second kappa shape index (κ2) is 14.2. The first kappa shape index (κ1) is 26.1. The number of rotatable bonds is 14. The first-order valence-electron chi connectivity index (χ1n) is 10.4. The number of unbranched alkanes of at least 4 members (excludes halogenated alkanes) is 1. The van der Waals surface area contributed by atoms with Crippen LogP contribution in [-0.2, 0) is 24.3 Å². The average Bonchev–Trinajstić information content (AvgIpc) is 2.59. The van der Waals surface area contributed by atoms with Gasteiger partial charge in [-0.1, -0.05) is 47.0 Å². The van der Waals surface area contributed by atoms with Crippen molar-refractivity contribution in [2.45, 2.75) is 112 Å². The van der Waals surface area contributed by atoms with Crippen LogP contribution in [0.1, 0.15) is 93.9 Å². The van der Waals surface area contributed by atoms with Gasteiger partial charge in [0.15, 0.2) is 0 Å². The van der Waals surface area contributed by atoms with Crippen molar-refractivity contribution in [3.8, 4) is 0 Å². The van der Waals surface area contributed by atoms with Crippen molar-refractivity contribution < 1.29 is 29.1 Å². The fourth-order valence-corrected chi connectivity index (χ4v) is 2.38. The molecule has 3 unspecified atom stereocenters. The van der Waals surface area contributed by atoms with Crippen molar-refractivity contribution in [1.82, 2.24) is 0 Å². The maximum Gasteiger partial charge on any atom is 0.540 e. The molecule has 0 spiro atoms. The fourth-order valence-electron chi connectivity index (χ4n) is 2.38. The van der Waals surface area contributed by atoms with Gasteiger partial charge in [0.2, 0.25) is 0 Å². The molecule has 0 N–H and O–H groups in total. The molecule has 0 aliphatic carbocycles. The molecule has 0 saturated carbocycles. The first-order chi connectivity index (χ1) is 12.6. The summed E-state index contributed by atoms with van der Waals surface area (Å²) in [6, 6.07) is 0. The molecule has 0 fully saturated rings. The third kappa shape index (κ3) is 14.8. The van der Waals surface area contributed by atoms with E-state index >= 15 is 0 Å². The lowest BCUT2D eigenvalue weighted by Gasteiger charge is -2.23. The van der Waals surface area contributed by atoms with Gasteiger partial charge >= 0.3 is 6.16 Å². The molecule has 0 aliphatic rings. The summed E-state index contributed by atoms with van der Waals surface area (Å²) in [7, 11) is 0. The lowest BCUT2D eigenvalue weighted by molar-refractivity contribution is -0.372. The highest BCUT2D eigenvalue weighted by molar-refractivity contribution is 5.58. The van der Waals surface area contributed by atoms with Gasteiger partial charge in [0.05, 0.1) is 18.3 Å². The Labute approximate surface area is 166 Å². The zero-order valence-electron chi connectivity index (χ0n) is 18.7. The standard InChI is InChI=1S/C21H42O6/c1-9-11-12-18(10-2)15-23-20(22)26-25-19(16(3)4)14-13-17(5)24-27-21(6,7)8/h16-19H,9-15H2,1-8H3. The van der Waals surface area contributed by atoms with Crippen LogP contribution in [0.2, 0.25) is 0 Å². The monoisotopic (exact) mass is 390 g/mol. The molecule has 0 saturated heterocycles. The van der Waals surface area contributed by atoms with Crippen molar-refractivity contribution in [3.63, 3.8) is 0 Å². The second-order valence-corrected chi connectivity index (χ2v) is 8.62. The molecule has 0 aromatic carbocycles. The Bertz CT molecular complexity index is 377. The summed E-state index contributed by atoms with van der Waals surface area (Å²) in [4.78, 5) is 32.7. The van der Waals surface area contributed by atoms with E-state index in [-0.39, 0.29) is 23.7 Å². The van der Waals surface area contributed by atoms with Gasteiger partial charge in [-0.15, -0.1) is 0 Å². The minimum absolute atomic E-state index is 0.0788. The summed E-state index contributed by atoms with van der Waals surface area (Å²) >= 11 is 0. The van der Waals surface area contributed by atoms with Crippen LogP contribution in [0.15, 0.2) is 0 Å². The van der Waals surface area contributed by atoms with Crippen molar-refractivity contribution in [2.24, 2.45) is 11.8 Å².